The lowest BCUT2D eigenvalue weighted by Crippen LogP contribution is -2.21. The Balaban J connectivity index is 2.33. The Morgan fingerprint density at radius 1 is 1.20 bits per heavy atom. The number of benzene rings is 1. The maximum absolute atomic E-state index is 5.27. The Morgan fingerprint density at radius 2 is 2.07 bits per heavy atom. The highest BCUT2D eigenvalue weighted by atomic mass is 16.5. The fraction of sp³-hybridized carbons (Fsp3) is 0.538. The maximum atomic E-state index is 5.27. The fourth-order valence-electron chi connectivity index (χ4n) is 2.22. The number of hydrogen-bond donors (Lipinski definition) is 0. The van der Waals surface area contributed by atoms with Crippen LogP contribution in [0.15, 0.2) is 18.2 Å². The molecule has 82 valence electrons. The molecule has 2 heteroatoms. The second-order valence-electron chi connectivity index (χ2n) is 4.23. The van der Waals surface area contributed by atoms with Gasteiger partial charge in [0.05, 0.1) is 7.11 Å². The predicted molar refractivity (Wildman–Crippen MR) is 63.8 cm³/mol. The Hall–Kier alpha value is -1.18. The molecule has 0 unspecified atom stereocenters. The first-order chi connectivity index (χ1) is 7.31. The van der Waals surface area contributed by atoms with Crippen molar-refractivity contribution in [2.45, 2.75) is 25.7 Å². The third-order valence-electron chi connectivity index (χ3n) is 3.14. The summed E-state index contributed by atoms with van der Waals surface area (Å²) in [6, 6.07) is 6.41. The standard InChI is InChI=1S/C13H19NO/c1-14-9-5-3-4-6-11-10-12(15-2)7-8-13(11)14/h7-8,10H,3-6,9H2,1-2H3. The van der Waals surface area contributed by atoms with Gasteiger partial charge < -0.3 is 9.64 Å². The van der Waals surface area contributed by atoms with E-state index in [0.29, 0.717) is 0 Å². The summed E-state index contributed by atoms with van der Waals surface area (Å²) in [5, 5.41) is 0. The van der Waals surface area contributed by atoms with E-state index < -0.39 is 0 Å². The van der Waals surface area contributed by atoms with Crippen molar-refractivity contribution >= 4 is 5.69 Å². The summed E-state index contributed by atoms with van der Waals surface area (Å²) in [5.74, 6) is 0.975. The lowest BCUT2D eigenvalue weighted by atomic mass is 10.0. The molecule has 1 aromatic rings. The first kappa shape index (κ1) is 10.3. The molecule has 0 amide bonds. The summed E-state index contributed by atoms with van der Waals surface area (Å²) < 4.78 is 5.27. The molecule has 15 heavy (non-hydrogen) atoms. The Labute approximate surface area is 91.9 Å². The highest BCUT2D eigenvalue weighted by Gasteiger charge is 2.11. The molecule has 2 rings (SSSR count). The minimum Gasteiger partial charge on any atom is -0.497 e. The molecule has 0 fully saturated rings. The van der Waals surface area contributed by atoms with Gasteiger partial charge in [-0.1, -0.05) is 6.42 Å². The molecule has 0 saturated heterocycles. The van der Waals surface area contributed by atoms with Crippen LogP contribution in [0.1, 0.15) is 24.8 Å². The largest absolute Gasteiger partial charge is 0.497 e. The van der Waals surface area contributed by atoms with E-state index in [4.69, 9.17) is 4.74 Å². The predicted octanol–water partition coefficient (Wildman–Crippen LogP) is 2.86. The number of methoxy groups -OCH3 is 1. The van der Waals surface area contributed by atoms with Crippen LogP contribution in [0.4, 0.5) is 5.69 Å². The molecule has 1 heterocycles. The van der Waals surface area contributed by atoms with E-state index in [1.54, 1.807) is 7.11 Å². The maximum Gasteiger partial charge on any atom is 0.119 e. The third-order valence-corrected chi connectivity index (χ3v) is 3.14. The average molecular weight is 205 g/mol. The van der Waals surface area contributed by atoms with Gasteiger partial charge in [0, 0.05) is 19.3 Å². The highest BCUT2D eigenvalue weighted by Crippen LogP contribution is 2.28. The number of rotatable bonds is 1. The minimum absolute atomic E-state index is 0.975. The number of hydrogen-bond acceptors (Lipinski definition) is 2. The van der Waals surface area contributed by atoms with Crippen LogP contribution in [-0.2, 0) is 6.42 Å². The fourth-order valence-corrected chi connectivity index (χ4v) is 2.22. The molecule has 0 saturated carbocycles. The van der Waals surface area contributed by atoms with Crippen LogP contribution in [0.3, 0.4) is 0 Å². The van der Waals surface area contributed by atoms with Gasteiger partial charge in [0.1, 0.15) is 5.75 Å². The number of aryl methyl sites for hydroxylation is 1. The van der Waals surface area contributed by atoms with Gasteiger partial charge in [0.15, 0.2) is 0 Å². The molecule has 2 nitrogen and oxygen atoms in total. The Morgan fingerprint density at radius 3 is 2.87 bits per heavy atom. The SMILES string of the molecule is COc1ccc2c(c1)CCCCCN2C. The van der Waals surface area contributed by atoms with Gasteiger partial charge in [-0.2, -0.15) is 0 Å². The molecule has 1 aromatic carbocycles. The zero-order valence-electron chi connectivity index (χ0n) is 9.62. The van der Waals surface area contributed by atoms with Crippen molar-refractivity contribution < 1.29 is 4.74 Å². The van der Waals surface area contributed by atoms with Crippen LogP contribution in [-0.4, -0.2) is 20.7 Å². The molecular weight excluding hydrogens is 186 g/mol. The Kier molecular flexibility index (Phi) is 3.14. The normalized spacial score (nSPS) is 16.5. The molecule has 1 aliphatic rings. The zero-order chi connectivity index (χ0) is 10.7. The highest BCUT2D eigenvalue weighted by molar-refractivity contribution is 5.56. The lowest BCUT2D eigenvalue weighted by Gasteiger charge is -2.25. The average Bonchev–Trinajstić information content (AvgIpc) is 2.25. The first-order valence-corrected chi connectivity index (χ1v) is 5.69. The second kappa shape index (κ2) is 4.56. The number of anilines is 1. The minimum atomic E-state index is 0.975. The lowest BCUT2D eigenvalue weighted by molar-refractivity contribution is 0.414. The molecule has 0 aromatic heterocycles. The Bertz CT molecular complexity index is 335. The van der Waals surface area contributed by atoms with E-state index in [0.717, 1.165) is 5.75 Å². The summed E-state index contributed by atoms with van der Waals surface area (Å²) in [5.41, 5.74) is 2.80. The van der Waals surface area contributed by atoms with Crippen LogP contribution < -0.4 is 9.64 Å². The zero-order valence-corrected chi connectivity index (χ0v) is 9.62. The summed E-state index contributed by atoms with van der Waals surface area (Å²) in [4.78, 5) is 2.36. The third kappa shape index (κ3) is 2.25. The van der Waals surface area contributed by atoms with Gasteiger partial charge >= 0.3 is 0 Å². The second-order valence-corrected chi connectivity index (χ2v) is 4.23. The monoisotopic (exact) mass is 205 g/mol. The first-order valence-electron chi connectivity index (χ1n) is 5.69. The van der Waals surface area contributed by atoms with Gasteiger partial charge in [-0.15, -0.1) is 0 Å². The summed E-state index contributed by atoms with van der Waals surface area (Å²) in [6.45, 7) is 1.17. The van der Waals surface area contributed by atoms with E-state index >= 15 is 0 Å². The molecular formula is C13H19NO. The van der Waals surface area contributed by atoms with Gasteiger partial charge in [-0.3, -0.25) is 0 Å². The van der Waals surface area contributed by atoms with Crippen molar-refractivity contribution in [1.29, 1.82) is 0 Å². The van der Waals surface area contributed by atoms with E-state index in [1.807, 2.05) is 0 Å². The van der Waals surface area contributed by atoms with E-state index in [9.17, 15) is 0 Å². The molecule has 1 aliphatic heterocycles. The van der Waals surface area contributed by atoms with Crippen LogP contribution in [0.2, 0.25) is 0 Å². The number of ether oxygens (including phenoxy) is 1. The van der Waals surface area contributed by atoms with E-state index in [-0.39, 0.29) is 0 Å². The number of fused-ring (bicyclic) bond motifs is 1. The quantitative estimate of drug-likeness (QED) is 0.699. The summed E-state index contributed by atoms with van der Waals surface area (Å²) >= 11 is 0. The molecule has 0 N–H and O–H groups in total. The molecule has 0 radical (unpaired) electrons. The summed E-state index contributed by atoms with van der Waals surface area (Å²) in [7, 11) is 3.91. The van der Waals surface area contributed by atoms with Crippen molar-refractivity contribution in [3.05, 3.63) is 23.8 Å². The van der Waals surface area contributed by atoms with Crippen LogP contribution in [0.25, 0.3) is 0 Å². The molecule has 0 atom stereocenters. The molecule has 0 spiro atoms. The summed E-state index contributed by atoms with van der Waals surface area (Å²) in [6.07, 6.45) is 5.12. The smallest absolute Gasteiger partial charge is 0.119 e. The van der Waals surface area contributed by atoms with Crippen molar-refractivity contribution in [2.24, 2.45) is 0 Å². The number of nitrogens with zero attached hydrogens (tertiary/aromatic N) is 1. The van der Waals surface area contributed by atoms with E-state index in [1.165, 1.54) is 43.5 Å². The molecule has 0 bridgehead atoms. The van der Waals surface area contributed by atoms with Crippen LogP contribution >= 0.6 is 0 Å². The van der Waals surface area contributed by atoms with Gasteiger partial charge in [0.25, 0.3) is 0 Å². The van der Waals surface area contributed by atoms with Crippen molar-refractivity contribution in [1.82, 2.24) is 0 Å². The van der Waals surface area contributed by atoms with Crippen molar-refractivity contribution in [3.8, 4) is 5.75 Å². The topological polar surface area (TPSA) is 12.5 Å². The van der Waals surface area contributed by atoms with Crippen molar-refractivity contribution in [2.75, 3.05) is 25.6 Å². The molecule has 0 aliphatic carbocycles. The van der Waals surface area contributed by atoms with Crippen LogP contribution in [0, 0.1) is 0 Å². The van der Waals surface area contributed by atoms with Gasteiger partial charge in [-0.25, -0.2) is 0 Å². The van der Waals surface area contributed by atoms with E-state index in [2.05, 4.69) is 30.1 Å². The van der Waals surface area contributed by atoms with Crippen LogP contribution in [0.5, 0.6) is 5.75 Å². The van der Waals surface area contributed by atoms with Gasteiger partial charge in [0.2, 0.25) is 0 Å². The van der Waals surface area contributed by atoms with Gasteiger partial charge in [-0.05, 0) is 43.0 Å². The van der Waals surface area contributed by atoms with Crippen molar-refractivity contribution in [3.63, 3.8) is 0 Å².